The first-order valence-corrected chi connectivity index (χ1v) is 9.90. The molecule has 1 saturated heterocycles. The minimum absolute atomic E-state index is 0.0192. The Bertz CT molecular complexity index is 967. The lowest BCUT2D eigenvalue weighted by molar-refractivity contribution is 0.0940. The van der Waals surface area contributed by atoms with Crippen molar-refractivity contribution >= 4 is 23.2 Å². The highest BCUT2D eigenvalue weighted by molar-refractivity contribution is 6.32. The van der Waals surface area contributed by atoms with Crippen LogP contribution in [0, 0.1) is 11.3 Å². The average molecular weight is 395 g/mol. The lowest BCUT2D eigenvalue weighted by Crippen LogP contribution is -2.37. The van der Waals surface area contributed by atoms with Crippen LogP contribution in [0.4, 0.5) is 5.69 Å². The summed E-state index contributed by atoms with van der Waals surface area (Å²) in [6.45, 7) is 4.70. The number of nitriles is 1. The summed E-state index contributed by atoms with van der Waals surface area (Å²) < 4.78 is 0. The van der Waals surface area contributed by atoms with E-state index in [0.29, 0.717) is 10.6 Å². The third-order valence-corrected chi connectivity index (χ3v) is 5.98. The quantitative estimate of drug-likeness (QED) is 0.864. The van der Waals surface area contributed by atoms with Gasteiger partial charge in [-0.1, -0.05) is 17.7 Å². The number of anilines is 1. The maximum absolute atomic E-state index is 12.8. The van der Waals surface area contributed by atoms with Gasteiger partial charge in [0.1, 0.15) is 6.07 Å². The van der Waals surface area contributed by atoms with Gasteiger partial charge in [-0.15, -0.1) is 0 Å². The molecule has 0 spiro atoms. The Morgan fingerprint density at radius 2 is 2.00 bits per heavy atom. The number of carbonyl (C=O) groups excluding carboxylic acids is 1. The van der Waals surface area contributed by atoms with Crippen molar-refractivity contribution < 1.29 is 4.79 Å². The number of nitrogens with one attached hydrogen (secondary N) is 1. The monoisotopic (exact) mass is 394 g/mol. The molecule has 2 aliphatic rings. The molecule has 0 unspecified atom stereocenters. The van der Waals surface area contributed by atoms with Crippen LogP contribution >= 0.6 is 11.6 Å². The van der Waals surface area contributed by atoms with Crippen molar-refractivity contribution in [3.63, 3.8) is 0 Å². The van der Waals surface area contributed by atoms with Crippen LogP contribution < -0.4 is 10.2 Å². The van der Waals surface area contributed by atoms with Crippen molar-refractivity contribution in [2.24, 2.45) is 0 Å². The molecule has 0 aliphatic carbocycles. The van der Waals surface area contributed by atoms with Gasteiger partial charge < -0.3 is 10.2 Å². The maximum atomic E-state index is 12.8. The molecule has 0 saturated carbocycles. The van der Waals surface area contributed by atoms with Crippen molar-refractivity contribution in [2.45, 2.75) is 38.5 Å². The fourth-order valence-corrected chi connectivity index (χ4v) is 4.46. The van der Waals surface area contributed by atoms with Gasteiger partial charge in [0, 0.05) is 43.0 Å². The zero-order valence-electron chi connectivity index (χ0n) is 16.1. The second-order valence-corrected chi connectivity index (χ2v) is 8.25. The Morgan fingerprint density at radius 1 is 1.21 bits per heavy atom. The van der Waals surface area contributed by atoms with Crippen LogP contribution in [0.3, 0.4) is 0 Å². The Hall–Kier alpha value is -2.55. The van der Waals surface area contributed by atoms with Crippen molar-refractivity contribution in [2.75, 3.05) is 18.5 Å². The van der Waals surface area contributed by atoms with Gasteiger partial charge >= 0.3 is 0 Å². The molecule has 1 amide bonds. The molecule has 0 bridgehead atoms. The van der Waals surface area contributed by atoms with Crippen LogP contribution in [-0.4, -0.2) is 36.5 Å². The molecular formula is C22H23ClN4O. The van der Waals surface area contributed by atoms with E-state index in [9.17, 15) is 4.79 Å². The van der Waals surface area contributed by atoms with Crippen LogP contribution in [-0.2, 0) is 13.1 Å². The number of fused-ring (bicyclic) bond motifs is 1. The van der Waals surface area contributed by atoms with Gasteiger partial charge in [-0.05, 0) is 61.9 Å². The van der Waals surface area contributed by atoms with Crippen molar-refractivity contribution in [3.05, 3.63) is 63.7 Å². The molecule has 5 nitrogen and oxygen atoms in total. The number of hydrogen-bond acceptors (Lipinski definition) is 4. The van der Waals surface area contributed by atoms with E-state index in [1.165, 1.54) is 11.1 Å². The normalized spacial score (nSPS) is 21.4. The number of rotatable bonds is 3. The largest absolute Gasteiger partial charge is 0.367 e. The molecule has 4 rings (SSSR count). The Morgan fingerprint density at radius 3 is 2.75 bits per heavy atom. The van der Waals surface area contributed by atoms with Crippen molar-refractivity contribution in [1.29, 1.82) is 5.26 Å². The highest BCUT2D eigenvalue weighted by Crippen LogP contribution is 2.29. The molecular weight excluding hydrogens is 372 g/mol. The highest BCUT2D eigenvalue weighted by Gasteiger charge is 2.31. The molecule has 0 aromatic heterocycles. The molecule has 2 aromatic rings. The summed E-state index contributed by atoms with van der Waals surface area (Å²) in [6, 6.07) is 13.9. The molecule has 2 heterocycles. The van der Waals surface area contributed by atoms with E-state index < -0.39 is 0 Å². The number of nitrogens with zero attached hydrogens (tertiary/aromatic N) is 3. The van der Waals surface area contributed by atoms with Crippen LogP contribution in [0.5, 0.6) is 0 Å². The SMILES string of the molecule is C[C@H]1C[C@@H](NC(=O)c2ccc3c(c2)CN(C)C3)CN1c1ccc(C#N)c(Cl)c1. The zero-order valence-corrected chi connectivity index (χ0v) is 16.8. The second-order valence-electron chi connectivity index (χ2n) is 7.84. The van der Waals surface area contributed by atoms with Gasteiger partial charge in [0.15, 0.2) is 0 Å². The van der Waals surface area contributed by atoms with E-state index >= 15 is 0 Å². The van der Waals surface area contributed by atoms with Gasteiger partial charge in [-0.2, -0.15) is 5.26 Å². The van der Waals surface area contributed by atoms with Crippen LogP contribution in [0.2, 0.25) is 5.02 Å². The predicted molar refractivity (Wildman–Crippen MR) is 110 cm³/mol. The minimum atomic E-state index is -0.0192. The summed E-state index contributed by atoms with van der Waals surface area (Å²) in [5, 5.41) is 12.7. The molecule has 2 aromatic carbocycles. The van der Waals surface area contributed by atoms with Gasteiger partial charge in [0.2, 0.25) is 0 Å². The molecule has 6 heteroatoms. The number of carbonyl (C=O) groups is 1. The molecule has 1 fully saturated rings. The lowest BCUT2D eigenvalue weighted by Gasteiger charge is -2.24. The molecule has 144 valence electrons. The van der Waals surface area contributed by atoms with E-state index in [4.69, 9.17) is 16.9 Å². The van der Waals surface area contributed by atoms with Gasteiger partial charge in [0.25, 0.3) is 5.91 Å². The topological polar surface area (TPSA) is 59.4 Å². The Kier molecular flexibility index (Phi) is 5.01. The summed E-state index contributed by atoms with van der Waals surface area (Å²) in [5.74, 6) is -0.0192. The third-order valence-electron chi connectivity index (χ3n) is 5.66. The first-order valence-electron chi connectivity index (χ1n) is 9.52. The van der Waals surface area contributed by atoms with E-state index in [0.717, 1.165) is 37.3 Å². The van der Waals surface area contributed by atoms with Gasteiger partial charge in [0.05, 0.1) is 10.6 Å². The van der Waals surface area contributed by atoms with Crippen molar-refractivity contribution in [1.82, 2.24) is 10.2 Å². The van der Waals surface area contributed by atoms with Gasteiger partial charge in [-0.25, -0.2) is 0 Å². The van der Waals surface area contributed by atoms with E-state index in [2.05, 4.69) is 41.2 Å². The fourth-order valence-electron chi connectivity index (χ4n) is 4.24. The highest BCUT2D eigenvalue weighted by atomic mass is 35.5. The third kappa shape index (κ3) is 3.58. The molecule has 28 heavy (non-hydrogen) atoms. The fraction of sp³-hybridized carbons (Fsp3) is 0.364. The van der Waals surface area contributed by atoms with Crippen LogP contribution in [0.1, 0.15) is 40.4 Å². The molecule has 2 atom stereocenters. The van der Waals surface area contributed by atoms with E-state index in [1.54, 1.807) is 6.07 Å². The smallest absolute Gasteiger partial charge is 0.251 e. The average Bonchev–Trinajstić information content (AvgIpc) is 3.22. The van der Waals surface area contributed by atoms with Crippen LogP contribution in [0.15, 0.2) is 36.4 Å². The lowest BCUT2D eigenvalue weighted by atomic mass is 10.1. The predicted octanol–water partition coefficient (Wildman–Crippen LogP) is 3.55. The first-order chi connectivity index (χ1) is 13.4. The first kappa shape index (κ1) is 18.8. The summed E-state index contributed by atoms with van der Waals surface area (Å²) in [5.41, 5.74) is 4.72. The summed E-state index contributed by atoms with van der Waals surface area (Å²) in [6.07, 6.45) is 0.872. The number of halogens is 1. The number of amides is 1. The summed E-state index contributed by atoms with van der Waals surface area (Å²) in [7, 11) is 2.09. The maximum Gasteiger partial charge on any atom is 0.251 e. The Labute approximate surface area is 170 Å². The second kappa shape index (κ2) is 7.46. The molecule has 0 radical (unpaired) electrons. The zero-order chi connectivity index (χ0) is 19.8. The minimum Gasteiger partial charge on any atom is -0.367 e. The number of hydrogen-bond donors (Lipinski definition) is 1. The van der Waals surface area contributed by atoms with Gasteiger partial charge in [-0.3, -0.25) is 9.69 Å². The Balaban J connectivity index is 1.44. The molecule has 2 aliphatic heterocycles. The van der Waals surface area contributed by atoms with Crippen LogP contribution in [0.25, 0.3) is 0 Å². The summed E-state index contributed by atoms with van der Waals surface area (Å²) in [4.78, 5) is 17.2. The summed E-state index contributed by atoms with van der Waals surface area (Å²) >= 11 is 6.19. The standard InChI is InChI=1S/C22H23ClN4O/c1-14-7-19(13-27(14)20-6-5-16(10-24)21(23)9-20)25-22(28)15-3-4-17-11-26(2)12-18(17)8-15/h3-6,8-9,14,19H,7,11-13H2,1-2H3,(H,25,28)/t14-,19+/m0/s1. The van der Waals surface area contributed by atoms with E-state index in [1.807, 2.05) is 24.3 Å². The molecule has 1 N–H and O–H groups in total. The number of benzene rings is 2. The van der Waals surface area contributed by atoms with E-state index in [-0.39, 0.29) is 18.0 Å². The van der Waals surface area contributed by atoms with Crippen molar-refractivity contribution in [3.8, 4) is 6.07 Å².